The minimum Gasteiger partial charge on any atom is -0.477 e. The number of hydrogen-bond acceptors (Lipinski definition) is 5. The smallest absolute Gasteiger partial charge is 0.344 e. The second-order valence-electron chi connectivity index (χ2n) is 5.66. The summed E-state index contributed by atoms with van der Waals surface area (Å²) in [6, 6.07) is 10.7. The Labute approximate surface area is 147 Å². The van der Waals surface area contributed by atoms with Crippen LogP contribution < -0.4 is 10.1 Å². The van der Waals surface area contributed by atoms with E-state index in [-0.39, 0.29) is 24.0 Å². The fourth-order valence-corrected chi connectivity index (χ4v) is 2.31. The molecule has 0 radical (unpaired) electrons. The SMILES string of the molecule is CCOc1ncccc1C(=O)OCC(=O)Nc1ccccc1C(C)C. The predicted molar refractivity (Wildman–Crippen MR) is 94.8 cm³/mol. The number of hydrogen-bond donors (Lipinski definition) is 1. The molecule has 6 heteroatoms. The van der Waals surface area contributed by atoms with Crippen LogP contribution in [0.25, 0.3) is 0 Å². The van der Waals surface area contributed by atoms with Crippen LogP contribution in [0.3, 0.4) is 0 Å². The molecule has 1 aromatic carbocycles. The summed E-state index contributed by atoms with van der Waals surface area (Å²) in [4.78, 5) is 28.2. The lowest BCUT2D eigenvalue weighted by Crippen LogP contribution is -2.22. The molecule has 1 amide bonds. The van der Waals surface area contributed by atoms with Crippen LogP contribution in [0.5, 0.6) is 5.88 Å². The number of para-hydroxylation sites is 1. The Bertz CT molecular complexity index is 744. The average molecular weight is 342 g/mol. The number of pyridine rings is 1. The molecule has 1 aromatic heterocycles. The highest BCUT2D eigenvalue weighted by Crippen LogP contribution is 2.23. The molecule has 0 aliphatic heterocycles. The van der Waals surface area contributed by atoms with Gasteiger partial charge in [0.05, 0.1) is 6.61 Å². The molecule has 25 heavy (non-hydrogen) atoms. The Morgan fingerprint density at radius 1 is 1.16 bits per heavy atom. The minimum atomic E-state index is -0.649. The number of esters is 1. The molecule has 0 aliphatic carbocycles. The summed E-state index contributed by atoms with van der Waals surface area (Å²) in [6.45, 7) is 5.88. The minimum absolute atomic E-state index is 0.194. The van der Waals surface area contributed by atoms with Gasteiger partial charge in [-0.2, -0.15) is 0 Å². The maximum Gasteiger partial charge on any atom is 0.344 e. The lowest BCUT2D eigenvalue weighted by atomic mass is 10.0. The van der Waals surface area contributed by atoms with Gasteiger partial charge in [0, 0.05) is 11.9 Å². The van der Waals surface area contributed by atoms with Crippen molar-refractivity contribution in [3.05, 3.63) is 53.7 Å². The van der Waals surface area contributed by atoms with Gasteiger partial charge in [-0.05, 0) is 36.6 Å². The van der Waals surface area contributed by atoms with E-state index in [1.165, 1.54) is 6.20 Å². The molecular weight excluding hydrogens is 320 g/mol. The van der Waals surface area contributed by atoms with Crippen molar-refractivity contribution in [2.24, 2.45) is 0 Å². The number of rotatable bonds is 7. The molecular formula is C19H22N2O4. The molecule has 0 atom stereocenters. The van der Waals surface area contributed by atoms with Gasteiger partial charge in [0.2, 0.25) is 5.88 Å². The van der Waals surface area contributed by atoms with E-state index in [1.54, 1.807) is 19.1 Å². The van der Waals surface area contributed by atoms with Crippen molar-refractivity contribution in [3.63, 3.8) is 0 Å². The molecule has 0 aliphatic rings. The number of nitrogens with one attached hydrogen (secondary N) is 1. The molecule has 2 aromatic rings. The van der Waals surface area contributed by atoms with Gasteiger partial charge in [0.25, 0.3) is 5.91 Å². The van der Waals surface area contributed by atoms with Gasteiger partial charge in [-0.15, -0.1) is 0 Å². The van der Waals surface area contributed by atoms with E-state index in [0.717, 1.165) is 11.3 Å². The topological polar surface area (TPSA) is 77.5 Å². The van der Waals surface area contributed by atoms with Crippen molar-refractivity contribution in [2.45, 2.75) is 26.7 Å². The molecule has 0 spiro atoms. The first-order valence-electron chi connectivity index (χ1n) is 8.16. The largest absolute Gasteiger partial charge is 0.477 e. The molecule has 6 nitrogen and oxygen atoms in total. The Balaban J connectivity index is 1.98. The van der Waals surface area contributed by atoms with Gasteiger partial charge in [0.15, 0.2) is 6.61 Å². The summed E-state index contributed by atoms with van der Waals surface area (Å²) in [5, 5.41) is 2.78. The van der Waals surface area contributed by atoms with Crippen LogP contribution in [-0.2, 0) is 9.53 Å². The van der Waals surface area contributed by atoms with E-state index in [1.807, 2.05) is 38.1 Å². The summed E-state index contributed by atoms with van der Waals surface area (Å²) in [5.41, 5.74) is 1.93. The Morgan fingerprint density at radius 2 is 1.92 bits per heavy atom. The maximum atomic E-state index is 12.2. The van der Waals surface area contributed by atoms with E-state index < -0.39 is 11.9 Å². The third-order valence-corrected chi connectivity index (χ3v) is 3.46. The van der Waals surface area contributed by atoms with E-state index in [0.29, 0.717) is 6.61 Å². The van der Waals surface area contributed by atoms with Gasteiger partial charge in [-0.3, -0.25) is 4.79 Å². The highest BCUT2D eigenvalue weighted by molar-refractivity contribution is 5.96. The van der Waals surface area contributed by atoms with Crippen LogP contribution in [0, 0.1) is 0 Å². The normalized spacial score (nSPS) is 10.4. The van der Waals surface area contributed by atoms with Gasteiger partial charge >= 0.3 is 5.97 Å². The fourth-order valence-electron chi connectivity index (χ4n) is 2.31. The monoisotopic (exact) mass is 342 g/mol. The lowest BCUT2D eigenvalue weighted by molar-refractivity contribution is -0.119. The van der Waals surface area contributed by atoms with Crippen molar-refractivity contribution in [3.8, 4) is 5.88 Å². The molecule has 0 bridgehead atoms. The summed E-state index contributed by atoms with van der Waals surface area (Å²) in [6.07, 6.45) is 1.53. The zero-order valence-corrected chi connectivity index (χ0v) is 14.6. The van der Waals surface area contributed by atoms with E-state index in [4.69, 9.17) is 9.47 Å². The standard InChI is InChI=1S/C19H22N2O4/c1-4-24-18-15(9-7-11-20-18)19(23)25-12-17(22)21-16-10-6-5-8-14(16)13(2)3/h5-11,13H,4,12H2,1-3H3,(H,21,22). The fraction of sp³-hybridized carbons (Fsp3) is 0.316. The van der Waals surface area contributed by atoms with Crippen molar-refractivity contribution >= 4 is 17.6 Å². The van der Waals surface area contributed by atoms with Gasteiger partial charge in [-0.25, -0.2) is 9.78 Å². The molecule has 132 valence electrons. The Hall–Kier alpha value is -2.89. The van der Waals surface area contributed by atoms with E-state index in [2.05, 4.69) is 10.3 Å². The van der Waals surface area contributed by atoms with Crippen LogP contribution in [-0.4, -0.2) is 30.1 Å². The summed E-state index contributed by atoms with van der Waals surface area (Å²) >= 11 is 0. The zero-order chi connectivity index (χ0) is 18.2. The quantitative estimate of drug-likeness (QED) is 0.780. The first-order chi connectivity index (χ1) is 12.0. The molecule has 0 saturated heterocycles. The first-order valence-corrected chi connectivity index (χ1v) is 8.16. The number of carbonyl (C=O) groups is 2. The molecule has 0 fully saturated rings. The van der Waals surface area contributed by atoms with Gasteiger partial charge in [0.1, 0.15) is 5.56 Å². The van der Waals surface area contributed by atoms with Crippen LogP contribution >= 0.6 is 0 Å². The van der Waals surface area contributed by atoms with Gasteiger partial charge < -0.3 is 14.8 Å². The number of aromatic nitrogens is 1. The predicted octanol–water partition coefficient (Wildman–Crippen LogP) is 3.40. The maximum absolute atomic E-state index is 12.2. The molecule has 2 rings (SSSR count). The second-order valence-corrected chi connectivity index (χ2v) is 5.66. The summed E-state index contributed by atoms with van der Waals surface area (Å²) in [5.74, 6) is -0.587. The van der Waals surface area contributed by atoms with Crippen molar-refractivity contribution in [1.29, 1.82) is 0 Å². The highest BCUT2D eigenvalue weighted by Gasteiger charge is 2.17. The number of anilines is 1. The third kappa shape index (κ3) is 5.04. The van der Waals surface area contributed by atoms with E-state index >= 15 is 0 Å². The van der Waals surface area contributed by atoms with Crippen molar-refractivity contribution in [1.82, 2.24) is 4.98 Å². The van der Waals surface area contributed by atoms with Crippen LogP contribution in [0.4, 0.5) is 5.69 Å². The summed E-state index contributed by atoms with van der Waals surface area (Å²) < 4.78 is 10.4. The van der Waals surface area contributed by atoms with Crippen LogP contribution in [0.2, 0.25) is 0 Å². The highest BCUT2D eigenvalue weighted by atomic mass is 16.5. The zero-order valence-electron chi connectivity index (χ0n) is 14.6. The Kier molecular flexibility index (Phi) is 6.51. The average Bonchev–Trinajstić information content (AvgIpc) is 2.61. The molecule has 1 heterocycles. The third-order valence-electron chi connectivity index (χ3n) is 3.46. The second kappa shape index (κ2) is 8.82. The van der Waals surface area contributed by atoms with Crippen molar-refractivity contribution in [2.75, 3.05) is 18.5 Å². The molecule has 0 saturated carbocycles. The number of amides is 1. The number of nitrogens with zero attached hydrogens (tertiary/aromatic N) is 1. The Morgan fingerprint density at radius 3 is 2.64 bits per heavy atom. The van der Waals surface area contributed by atoms with Gasteiger partial charge in [-0.1, -0.05) is 32.0 Å². The molecule has 1 N–H and O–H groups in total. The summed E-state index contributed by atoms with van der Waals surface area (Å²) in [7, 11) is 0. The van der Waals surface area contributed by atoms with Crippen LogP contribution in [0.15, 0.2) is 42.6 Å². The number of carbonyl (C=O) groups excluding carboxylic acids is 2. The lowest BCUT2D eigenvalue weighted by Gasteiger charge is -2.14. The molecule has 0 unspecified atom stereocenters. The first kappa shape index (κ1) is 18.4. The number of ether oxygens (including phenoxy) is 2. The van der Waals surface area contributed by atoms with E-state index in [9.17, 15) is 9.59 Å². The van der Waals surface area contributed by atoms with Crippen molar-refractivity contribution < 1.29 is 19.1 Å². The van der Waals surface area contributed by atoms with Crippen LogP contribution in [0.1, 0.15) is 42.6 Å². The number of benzene rings is 1.